The summed E-state index contributed by atoms with van der Waals surface area (Å²) in [6.45, 7) is 0. The second-order valence-corrected chi connectivity index (χ2v) is 4.32. The minimum Gasteiger partial charge on any atom is -0.481 e. The normalized spacial score (nSPS) is 45.4. The first kappa shape index (κ1) is 9.45. The predicted molar refractivity (Wildman–Crippen MR) is 46.5 cm³/mol. The number of carboxylic acids is 2. The lowest BCUT2D eigenvalue weighted by Gasteiger charge is -2.34. The molecule has 0 heterocycles. The van der Waals surface area contributed by atoms with Crippen LogP contribution in [0.1, 0.15) is 19.3 Å². The van der Waals surface area contributed by atoms with Gasteiger partial charge in [-0.15, -0.1) is 0 Å². The summed E-state index contributed by atoms with van der Waals surface area (Å²) in [7, 11) is 0. The molecule has 2 aliphatic carbocycles. The molecule has 0 radical (unpaired) electrons. The van der Waals surface area contributed by atoms with Gasteiger partial charge < -0.3 is 15.9 Å². The molecule has 0 spiro atoms. The fourth-order valence-corrected chi connectivity index (χ4v) is 3.11. The van der Waals surface area contributed by atoms with Crippen molar-refractivity contribution in [2.45, 2.75) is 24.8 Å². The van der Waals surface area contributed by atoms with Crippen LogP contribution in [0.15, 0.2) is 0 Å². The second-order valence-electron chi connectivity index (χ2n) is 4.32. The quantitative estimate of drug-likeness (QED) is 0.576. The Bertz CT molecular complexity index is 303. The van der Waals surface area contributed by atoms with E-state index in [-0.39, 0.29) is 11.8 Å². The number of carbonyl (C=O) groups is 2. The summed E-state index contributed by atoms with van der Waals surface area (Å²) in [6, 6.07) is 0. The molecule has 0 aromatic heterocycles. The van der Waals surface area contributed by atoms with Crippen molar-refractivity contribution in [1.82, 2.24) is 0 Å². The van der Waals surface area contributed by atoms with Crippen molar-refractivity contribution in [3.63, 3.8) is 0 Å². The van der Waals surface area contributed by atoms with E-state index in [0.29, 0.717) is 6.42 Å². The average molecular weight is 199 g/mol. The maximum absolute atomic E-state index is 11.0. The number of carboxylic acid groups (broad SMARTS) is 2. The zero-order valence-corrected chi connectivity index (χ0v) is 7.64. The van der Waals surface area contributed by atoms with Crippen LogP contribution in [0.5, 0.6) is 0 Å². The van der Waals surface area contributed by atoms with Crippen LogP contribution in [-0.2, 0) is 9.59 Å². The van der Waals surface area contributed by atoms with Crippen molar-refractivity contribution in [3.05, 3.63) is 0 Å². The topological polar surface area (TPSA) is 101 Å². The van der Waals surface area contributed by atoms with E-state index in [2.05, 4.69) is 0 Å². The first-order chi connectivity index (χ1) is 6.48. The molecule has 5 heteroatoms. The van der Waals surface area contributed by atoms with E-state index in [1.165, 1.54) is 0 Å². The van der Waals surface area contributed by atoms with E-state index in [1.807, 2.05) is 0 Å². The Morgan fingerprint density at radius 2 is 1.93 bits per heavy atom. The van der Waals surface area contributed by atoms with Crippen molar-refractivity contribution in [3.8, 4) is 0 Å². The number of nitrogens with two attached hydrogens (primary N) is 1. The van der Waals surface area contributed by atoms with E-state index in [4.69, 9.17) is 15.9 Å². The van der Waals surface area contributed by atoms with Gasteiger partial charge in [0.1, 0.15) is 5.54 Å². The van der Waals surface area contributed by atoms with Crippen molar-refractivity contribution < 1.29 is 19.8 Å². The monoisotopic (exact) mass is 199 g/mol. The summed E-state index contributed by atoms with van der Waals surface area (Å²) in [5.74, 6) is -3.34. The molecule has 4 atom stereocenters. The van der Waals surface area contributed by atoms with Gasteiger partial charge in [-0.05, 0) is 31.1 Å². The van der Waals surface area contributed by atoms with E-state index in [0.717, 1.165) is 12.8 Å². The van der Waals surface area contributed by atoms with E-state index < -0.39 is 23.4 Å². The number of hydrogen-bond acceptors (Lipinski definition) is 3. The average Bonchev–Trinajstić information content (AvgIpc) is 2.61. The lowest BCUT2D eigenvalue weighted by Crippen LogP contribution is -2.60. The highest BCUT2D eigenvalue weighted by Crippen LogP contribution is 2.53. The zero-order chi connectivity index (χ0) is 10.5. The highest BCUT2D eigenvalue weighted by atomic mass is 16.4. The molecule has 0 unspecified atom stereocenters. The maximum atomic E-state index is 11.0. The summed E-state index contributed by atoms with van der Waals surface area (Å²) in [4.78, 5) is 22.0. The number of fused-ring (bicyclic) bond motifs is 2. The Kier molecular flexibility index (Phi) is 1.82. The molecule has 2 fully saturated rings. The Morgan fingerprint density at radius 1 is 1.29 bits per heavy atom. The third-order valence-corrected chi connectivity index (χ3v) is 3.77. The number of hydrogen-bond donors (Lipinski definition) is 3. The van der Waals surface area contributed by atoms with Crippen LogP contribution < -0.4 is 5.73 Å². The van der Waals surface area contributed by atoms with Crippen LogP contribution in [0.2, 0.25) is 0 Å². The van der Waals surface area contributed by atoms with Crippen molar-refractivity contribution in [2.24, 2.45) is 23.5 Å². The summed E-state index contributed by atoms with van der Waals surface area (Å²) in [5, 5.41) is 18.0. The van der Waals surface area contributed by atoms with Gasteiger partial charge in [-0.3, -0.25) is 9.59 Å². The largest absolute Gasteiger partial charge is 0.481 e. The zero-order valence-electron chi connectivity index (χ0n) is 7.64. The molecule has 5 nitrogen and oxygen atoms in total. The molecule has 0 amide bonds. The Balaban J connectivity index is 2.39. The molecule has 0 saturated heterocycles. The smallest absolute Gasteiger partial charge is 0.324 e. The molecule has 2 bridgehead atoms. The fraction of sp³-hybridized carbons (Fsp3) is 0.778. The third-order valence-electron chi connectivity index (χ3n) is 3.77. The molecular formula is C9H13NO4. The van der Waals surface area contributed by atoms with Gasteiger partial charge in [-0.25, -0.2) is 0 Å². The van der Waals surface area contributed by atoms with E-state index in [1.54, 1.807) is 0 Å². The second kappa shape index (κ2) is 2.70. The standard InChI is InChI=1S/C9H13NO4/c10-9(8(13)14)5-2-1-4(3-5)6(9)7(11)12/h4-6H,1-3,10H2,(H,11,12)(H,13,14)/t4-,5+,6-,9+/m1/s1. The van der Waals surface area contributed by atoms with Crippen LogP contribution in [0, 0.1) is 17.8 Å². The van der Waals surface area contributed by atoms with Gasteiger partial charge in [-0.1, -0.05) is 0 Å². The molecule has 0 aromatic carbocycles. The first-order valence-electron chi connectivity index (χ1n) is 4.73. The minimum atomic E-state index is -1.53. The Morgan fingerprint density at radius 3 is 2.36 bits per heavy atom. The lowest BCUT2D eigenvalue weighted by molar-refractivity contribution is -0.158. The van der Waals surface area contributed by atoms with Gasteiger partial charge in [0.05, 0.1) is 5.92 Å². The van der Waals surface area contributed by atoms with Crippen LogP contribution in [-0.4, -0.2) is 27.7 Å². The van der Waals surface area contributed by atoms with E-state index in [9.17, 15) is 9.59 Å². The maximum Gasteiger partial charge on any atom is 0.324 e. The number of rotatable bonds is 2. The summed E-state index contributed by atoms with van der Waals surface area (Å²) >= 11 is 0. The van der Waals surface area contributed by atoms with Gasteiger partial charge >= 0.3 is 11.9 Å². The van der Waals surface area contributed by atoms with Gasteiger partial charge in [0, 0.05) is 0 Å². The molecule has 0 aromatic rings. The van der Waals surface area contributed by atoms with Gasteiger partial charge in [-0.2, -0.15) is 0 Å². The molecule has 78 valence electrons. The van der Waals surface area contributed by atoms with Gasteiger partial charge in [0.25, 0.3) is 0 Å². The highest BCUT2D eigenvalue weighted by molar-refractivity contribution is 5.88. The van der Waals surface area contributed by atoms with E-state index >= 15 is 0 Å². The van der Waals surface area contributed by atoms with Crippen molar-refractivity contribution in [2.75, 3.05) is 0 Å². The predicted octanol–water partition coefficient (Wildman–Crippen LogP) is -0.101. The fourth-order valence-electron chi connectivity index (χ4n) is 3.11. The van der Waals surface area contributed by atoms with Crippen LogP contribution in [0.25, 0.3) is 0 Å². The molecule has 2 aliphatic rings. The molecule has 0 aliphatic heterocycles. The van der Waals surface area contributed by atoms with Crippen molar-refractivity contribution >= 4 is 11.9 Å². The van der Waals surface area contributed by atoms with Crippen LogP contribution in [0.3, 0.4) is 0 Å². The molecule has 14 heavy (non-hydrogen) atoms. The minimum absolute atomic E-state index is 0.0430. The summed E-state index contributed by atoms with van der Waals surface area (Å²) in [6.07, 6.45) is 2.20. The van der Waals surface area contributed by atoms with Crippen molar-refractivity contribution in [1.29, 1.82) is 0 Å². The SMILES string of the molecule is N[C@@]1(C(=O)O)[C@H]2CC[C@H](C2)[C@@H]1C(=O)O. The Labute approximate surface area is 80.9 Å². The molecular weight excluding hydrogens is 186 g/mol. The molecule has 2 rings (SSSR count). The lowest BCUT2D eigenvalue weighted by atomic mass is 9.73. The Hall–Kier alpha value is -1.10. The number of aliphatic carboxylic acids is 2. The van der Waals surface area contributed by atoms with Crippen LogP contribution in [0.4, 0.5) is 0 Å². The van der Waals surface area contributed by atoms with Gasteiger partial charge in [0.15, 0.2) is 0 Å². The summed E-state index contributed by atoms with van der Waals surface area (Å²) in [5.41, 5.74) is 4.22. The highest BCUT2D eigenvalue weighted by Gasteiger charge is 2.63. The van der Waals surface area contributed by atoms with Crippen LogP contribution >= 0.6 is 0 Å². The first-order valence-corrected chi connectivity index (χ1v) is 4.73. The summed E-state index contributed by atoms with van der Waals surface area (Å²) < 4.78 is 0. The van der Waals surface area contributed by atoms with Gasteiger partial charge in [0.2, 0.25) is 0 Å². The third kappa shape index (κ3) is 0.930. The molecule has 2 saturated carbocycles. The molecule has 4 N–H and O–H groups in total.